The van der Waals surface area contributed by atoms with Gasteiger partial charge in [0.25, 0.3) is 5.91 Å². The minimum absolute atomic E-state index is 0.210. The lowest BCUT2D eigenvalue weighted by Gasteiger charge is -2.31. The van der Waals surface area contributed by atoms with Gasteiger partial charge in [0.1, 0.15) is 24.7 Å². The summed E-state index contributed by atoms with van der Waals surface area (Å²) in [6, 6.07) is 3.04. The molecule has 0 bridgehead atoms. The van der Waals surface area contributed by atoms with Crippen molar-refractivity contribution in [1.82, 2.24) is 15.5 Å². The zero-order valence-corrected chi connectivity index (χ0v) is 17.6. The lowest BCUT2D eigenvalue weighted by molar-refractivity contribution is -0.125. The molecule has 2 N–H and O–H groups in total. The third-order valence-corrected chi connectivity index (χ3v) is 5.53. The average Bonchev–Trinajstić information content (AvgIpc) is 3.11. The summed E-state index contributed by atoms with van der Waals surface area (Å²) in [5.41, 5.74) is 2.28. The first-order chi connectivity index (χ1) is 14.6. The van der Waals surface area contributed by atoms with Crippen LogP contribution in [-0.2, 0) is 20.9 Å². The lowest BCUT2D eigenvalue weighted by atomic mass is 10.1. The number of amides is 2. The highest BCUT2D eigenvalue weighted by molar-refractivity contribution is 6.02. The molecule has 1 aromatic carbocycles. The van der Waals surface area contributed by atoms with Gasteiger partial charge in [-0.05, 0) is 18.6 Å². The van der Waals surface area contributed by atoms with Gasteiger partial charge in [-0.15, -0.1) is 0 Å². The van der Waals surface area contributed by atoms with Gasteiger partial charge in [-0.1, -0.05) is 0 Å². The molecule has 9 heteroatoms. The highest BCUT2D eigenvalue weighted by Gasteiger charge is 2.38. The van der Waals surface area contributed by atoms with E-state index in [1.165, 1.54) is 11.9 Å². The van der Waals surface area contributed by atoms with Crippen molar-refractivity contribution in [2.45, 2.75) is 25.4 Å². The van der Waals surface area contributed by atoms with Crippen molar-refractivity contribution in [3.63, 3.8) is 0 Å². The highest BCUT2D eigenvalue weighted by Crippen LogP contribution is 2.40. The molecule has 0 radical (unpaired) electrons. The van der Waals surface area contributed by atoms with Crippen LogP contribution in [0.25, 0.3) is 0 Å². The third-order valence-electron chi connectivity index (χ3n) is 5.53. The fourth-order valence-electron chi connectivity index (χ4n) is 3.99. The molecular weight excluding hydrogens is 388 g/mol. The van der Waals surface area contributed by atoms with Gasteiger partial charge in [0.15, 0.2) is 0 Å². The van der Waals surface area contributed by atoms with E-state index in [0.29, 0.717) is 24.5 Å². The number of piperazine rings is 1. The number of anilines is 1. The molecule has 1 atom stereocenters. The predicted octanol–water partition coefficient (Wildman–Crippen LogP) is 0.171. The Morgan fingerprint density at radius 3 is 2.73 bits per heavy atom. The Bertz CT molecular complexity index is 779. The van der Waals surface area contributed by atoms with Crippen LogP contribution in [0.1, 0.15) is 28.8 Å². The Hall–Kier alpha value is -2.65. The Labute approximate surface area is 176 Å². The second kappa shape index (κ2) is 10.4. The van der Waals surface area contributed by atoms with Crippen LogP contribution in [0.3, 0.4) is 0 Å². The molecule has 1 aromatic rings. The van der Waals surface area contributed by atoms with Gasteiger partial charge in [-0.3, -0.25) is 9.59 Å². The Kier molecular flexibility index (Phi) is 7.64. The molecule has 1 fully saturated rings. The molecule has 2 heterocycles. The summed E-state index contributed by atoms with van der Waals surface area (Å²) in [4.78, 5) is 40.2. The molecule has 30 heavy (non-hydrogen) atoms. The number of fused-ring (bicyclic) bond motifs is 1. The summed E-state index contributed by atoms with van der Waals surface area (Å²) >= 11 is 0. The number of benzene rings is 1. The standard InChI is InChI=1S/C21H30N4O5/c1-22-20(27)18(4-3-11-26)25-14-16-15(21(25)28)5-6-17(19(16)30-13-12-29-2)24-9-7-23-8-10-24/h5-6,11,18,23H,3-4,7-10,12-14H2,1-2H3,(H,22,27). The summed E-state index contributed by atoms with van der Waals surface area (Å²) in [6.45, 7) is 4.52. The summed E-state index contributed by atoms with van der Waals surface area (Å²) in [6.07, 6.45) is 1.26. The maximum atomic E-state index is 13.1. The largest absolute Gasteiger partial charge is 0.489 e. The van der Waals surface area contributed by atoms with E-state index in [9.17, 15) is 14.4 Å². The van der Waals surface area contributed by atoms with Crippen molar-refractivity contribution in [1.29, 1.82) is 0 Å². The van der Waals surface area contributed by atoms with Gasteiger partial charge in [0, 0.05) is 57.9 Å². The average molecular weight is 418 g/mol. The van der Waals surface area contributed by atoms with Crippen molar-refractivity contribution in [2.75, 3.05) is 58.5 Å². The molecule has 9 nitrogen and oxygen atoms in total. The number of carbonyl (C=O) groups excluding carboxylic acids is 3. The summed E-state index contributed by atoms with van der Waals surface area (Å²) in [5.74, 6) is 0.184. The number of methoxy groups -OCH3 is 1. The van der Waals surface area contributed by atoms with Crippen molar-refractivity contribution in [3.8, 4) is 5.75 Å². The topological polar surface area (TPSA) is 100 Å². The van der Waals surface area contributed by atoms with Crippen LogP contribution in [0.15, 0.2) is 12.1 Å². The molecule has 2 amide bonds. The van der Waals surface area contributed by atoms with E-state index in [2.05, 4.69) is 15.5 Å². The Morgan fingerprint density at radius 1 is 1.30 bits per heavy atom. The fourth-order valence-corrected chi connectivity index (χ4v) is 3.99. The monoisotopic (exact) mass is 418 g/mol. The van der Waals surface area contributed by atoms with Gasteiger partial charge in [-0.25, -0.2) is 0 Å². The van der Waals surface area contributed by atoms with E-state index >= 15 is 0 Å². The number of likely N-dealkylation sites (N-methyl/N-ethyl adjacent to an activating group) is 1. The van der Waals surface area contributed by atoms with Crippen LogP contribution >= 0.6 is 0 Å². The van der Waals surface area contributed by atoms with Gasteiger partial charge in [0.05, 0.1) is 18.8 Å². The molecule has 0 spiro atoms. The van der Waals surface area contributed by atoms with Gasteiger partial charge in [-0.2, -0.15) is 0 Å². The number of ether oxygens (including phenoxy) is 2. The van der Waals surface area contributed by atoms with Gasteiger partial charge in [0.2, 0.25) is 5.91 Å². The van der Waals surface area contributed by atoms with Gasteiger partial charge >= 0.3 is 0 Å². The quantitative estimate of drug-likeness (QED) is 0.413. The normalized spacial score (nSPS) is 16.9. The number of hydrogen-bond donors (Lipinski definition) is 2. The van der Waals surface area contributed by atoms with E-state index in [1.807, 2.05) is 12.1 Å². The minimum atomic E-state index is -0.699. The first kappa shape index (κ1) is 22.0. The number of rotatable bonds is 10. The SMILES string of the molecule is CNC(=O)C(CCC=O)N1Cc2c(ccc(N3CCNCC3)c2OCCOC)C1=O. The molecule has 0 aliphatic carbocycles. The third kappa shape index (κ3) is 4.57. The van der Waals surface area contributed by atoms with E-state index in [4.69, 9.17) is 9.47 Å². The molecular formula is C21H30N4O5. The van der Waals surface area contributed by atoms with E-state index in [0.717, 1.165) is 43.7 Å². The molecule has 164 valence electrons. The van der Waals surface area contributed by atoms with Gasteiger partial charge < -0.3 is 34.7 Å². The fraction of sp³-hybridized carbons (Fsp3) is 0.571. The number of nitrogens with zero attached hydrogens (tertiary/aromatic N) is 2. The van der Waals surface area contributed by atoms with Crippen molar-refractivity contribution >= 4 is 23.8 Å². The molecule has 0 aromatic heterocycles. The molecule has 1 unspecified atom stereocenters. The second-order valence-corrected chi connectivity index (χ2v) is 7.33. The summed E-state index contributed by atoms with van der Waals surface area (Å²) < 4.78 is 11.2. The molecule has 3 rings (SSSR count). The smallest absolute Gasteiger partial charge is 0.255 e. The molecule has 2 aliphatic rings. The lowest BCUT2D eigenvalue weighted by Crippen LogP contribution is -2.46. The zero-order valence-electron chi connectivity index (χ0n) is 17.6. The second-order valence-electron chi connectivity index (χ2n) is 7.33. The highest BCUT2D eigenvalue weighted by atomic mass is 16.5. The number of nitrogens with one attached hydrogen (secondary N) is 2. The maximum Gasteiger partial charge on any atom is 0.255 e. The molecule has 2 aliphatic heterocycles. The van der Waals surface area contributed by atoms with Crippen LogP contribution in [0.5, 0.6) is 5.75 Å². The van der Waals surface area contributed by atoms with Crippen LogP contribution in [0.4, 0.5) is 5.69 Å². The van der Waals surface area contributed by atoms with Crippen molar-refractivity contribution in [2.24, 2.45) is 0 Å². The van der Waals surface area contributed by atoms with Crippen LogP contribution in [0, 0.1) is 0 Å². The van der Waals surface area contributed by atoms with Crippen molar-refractivity contribution in [3.05, 3.63) is 23.3 Å². The van der Waals surface area contributed by atoms with Crippen LogP contribution < -0.4 is 20.3 Å². The van der Waals surface area contributed by atoms with E-state index in [1.54, 1.807) is 7.11 Å². The van der Waals surface area contributed by atoms with E-state index < -0.39 is 6.04 Å². The predicted molar refractivity (Wildman–Crippen MR) is 112 cm³/mol. The molecule has 1 saturated heterocycles. The number of aldehydes is 1. The van der Waals surface area contributed by atoms with E-state index in [-0.39, 0.29) is 31.2 Å². The van der Waals surface area contributed by atoms with Crippen LogP contribution in [-0.4, -0.2) is 82.6 Å². The summed E-state index contributed by atoms with van der Waals surface area (Å²) in [5, 5.41) is 5.94. The maximum absolute atomic E-state index is 13.1. The molecule has 0 saturated carbocycles. The van der Waals surface area contributed by atoms with Crippen LogP contribution in [0.2, 0.25) is 0 Å². The number of hydrogen-bond acceptors (Lipinski definition) is 7. The number of carbonyl (C=O) groups is 3. The Morgan fingerprint density at radius 2 is 2.07 bits per heavy atom. The first-order valence-electron chi connectivity index (χ1n) is 10.3. The zero-order chi connectivity index (χ0) is 21.5. The Balaban J connectivity index is 1.94. The van der Waals surface area contributed by atoms with Crippen molar-refractivity contribution < 1.29 is 23.9 Å². The minimum Gasteiger partial charge on any atom is -0.489 e. The summed E-state index contributed by atoms with van der Waals surface area (Å²) in [7, 11) is 3.15. The first-order valence-corrected chi connectivity index (χ1v) is 10.3.